The fraction of sp³-hybridized carbons (Fsp3) is 0.400. The van der Waals surface area contributed by atoms with E-state index in [4.69, 9.17) is 0 Å². The van der Waals surface area contributed by atoms with E-state index in [1.807, 2.05) is 26.0 Å². The van der Waals surface area contributed by atoms with E-state index < -0.39 is 17.9 Å². The first-order valence-corrected chi connectivity index (χ1v) is 12.7. The van der Waals surface area contributed by atoms with Gasteiger partial charge in [-0.05, 0) is 54.1 Å². The Morgan fingerprint density at radius 1 is 1.20 bits per heavy atom. The lowest BCUT2D eigenvalue weighted by atomic mass is 10.2. The Bertz CT molecular complexity index is 646. The summed E-state index contributed by atoms with van der Waals surface area (Å²) in [5.41, 5.74) is 5.09. The Hall–Kier alpha value is -0.363. The largest absolute Gasteiger partial charge is 0.223 e. The van der Waals surface area contributed by atoms with Gasteiger partial charge < -0.3 is 0 Å². The minimum absolute atomic E-state index is 0.0348. The molecule has 1 aromatic carbocycles. The molecule has 0 spiro atoms. The Kier molecular flexibility index (Phi) is 5.84. The predicted molar refractivity (Wildman–Crippen MR) is 96.8 cm³/mol. The second-order valence-corrected chi connectivity index (χ2v) is 15.1. The molecule has 0 saturated heterocycles. The van der Waals surface area contributed by atoms with E-state index in [-0.39, 0.29) is 5.75 Å². The first kappa shape index (κ1) is 17.7. The molecule has 1 aromatic rings. The molecule has 0 aromatic heterocycles. The summed E-state index contributed by atoms with van der Waals surface area (Å²) in [6, 6.07) is 7.00. The third-order valence-corrected chi connectivity index (χ3v) is 11.1. The molecule has 20 heavy (non-hydrogen) atoms. The lowest BCUT2D eigenvalue weighted by Crippen LogP contribution is -2.19. The molecule has 0 aliphatic heterocycles. The van der Waals surface area contributed by atoms with Crippen molar-refractivity contribution in [2.24, 2.45) is 0 Å². The van der Waals surface area contributed by atoms with Crippen LogP contribution in [-0.2, 0) is 9.84 Å². The van der Waals surface area contributed by atoms with Crippen LogP contribution in [0.1, 0.15) is 12.5 Å². The van der Waals surface area contributed by atoms with Gasteiger partial charge >= 0.3 is 0 Å². The summed E-state index contributed by atoms with van der Waals surface area (Å²) < 4.78 is 25.8. The summed E-state index contributed by atoms with van der Waals surface area (Å²) in [6.45, 7) is 10.5. The molecule has 0 heterocycles. The first-order valence-electron chi connectivity index (χ1n) is 6.44. The lowest BCUT2D eigenvalue weighted by molar-refractivity contribution is 0.598. The average molecular weight is 420 g/mol. The minimum atomic E-state index is -3.27. The normalized spacial score (nSPS) is 11.9. The molecular weight excluding hydrogens is 399 g/mol. The van der Waals surface area contributed by atoms with Crippen molar-refractivity contribution >= 4 is 40.5 Å². The number of halogens is 1. The van der Waals surface area contributed by atoms with E-state index in [9.17, 15) is 8.42 Å². The molecule has 0 radical (unpaired) electrons. The number of hydrogen-bond acceptors (Lipinski definition) is 2. The van der Waals surface area contributed by atoms with E-state index >= 15 is 0 Å². The summed E-state index contributed by atoms with van der Waals surface area (Å²) >= 11 is 2.29. The van der Waals surface area contributed by atoms with Crippen LogP contribution in [0.3, 0.4) is 0 Å². The second-order valence-electron chi connectivity index (χ2n) is 6.04. The molecular formula is C15H21IO2SSi. The molecule has 0 unspecified atom stereocenters. The van der Waals surface area contributed by atoms with Crippen LogP contribution in [0.15, 0.2) is 43.7 Å². The van der Waals surface area contributed by atoms with E-state index in [0.717, 1.165) is 11.1 Å². The highest BCUT2D eigenvalue weighted by atomic mass is 127. The summed E-state index contributed by atoms with van der Waals surface area (Å²) in [6.07, 6.45) is 0. The van der Waals surface area contributed by atoms with E-state index in [1.54, 1.807) is 12.1 Å². The number of hydrogen-bond donors (Lipinski definition) is 0. The molecule has 0 aliphatic rings. The maximum absolute atomic E-state index is 12.3. The fourth-order valence-corrected chi connectivity index (χ4v) is 3.93. The van der Waals surface area contributed by atoms with Crippen LogP contribution in [0.5, 0.6) is 0 Å². The third kappa shape index (κ3) is 5.20. The fourth-order valence-electron chi connectivity index (χ4n) is 1.52. The predicted octanol–water partition coefficient (Wildman–Crippen LogP) is 4.51. The maximum Gasteiger partial charge on any atom is 0.182 e. The molecule has 0 N–H and O–H groups in total. The monoisotopic (exact) mass is 420 g/mol. The van der Waals surface area contributed by atoms with Crippen molar-refractivity contribution in [3.8, 4) is 0 Å². The highest BCUT2D eigenvalue weighted by Gasteiger charge is 2.18. The van der Waals surface area contributed by atoms with Gasteiger partial charge in [0.15, 0.2) is 9.84 Å². The Morgan fingerprint density at radius 2 is 1.70 bits per heavy atom. The molecule has 2 nitrogen and oxygen atoms in total. The maximum atomic E-state index is 12.3. The van der Waals surface area contributed by atoms with Gasteiger partial charge in [-0.1, -0.05) is 37.3 Å². The molecule has 0 bridgehead atoms. The van der Waals surface area contributed by atoms with E-state index in [0.29, 0.717) is 4.90 Å². The first-order chi connectivity index (χ1) is 9.02. The molecule has 5 heteroatoms. The topological polar surface area (TPSA) is 34.1 Å². The van der Waals surface area contributed by atoms with Crippen LogP contribution in [0, 0.1) is 6.92 Å². The molecule has 0 fully saturated rings. The van der Waals surface area contributed by atoms with Gasteiger partial charge in [-0.2, -0.15) is 0 Å². The molecule has 0 aliphatic carbocycles. The Morgan fingerprint density at radius 3 is 2.15 bits per heavy atom. The highest BCUT2D eigenvalue weighted by Crippen LogP contribution is 2.21. The zero-order chi connectivity index (χ0) is 15.6. The number of rotatable bonds is 4. The van der Waals surface area contributed by atoms with Crippen molar-refractivity contribution in [2.45, 2.75) is 38.4 Å². The molecule has 0 amide bonds. The van der Waals surface area contributed by atoms with Crippen molar-refractivity contribution in [1.29, 1.82) is 0 Å². The van der Waals surface area contributed by atoms with Gasteiger partial charge in [-0.25, -0.2) is 8.42 Å². The molecule has 0 saturated carbocycles. The van der Waals surface area contributed by atoms with Gasteiger partial charge in [-0.3, -0.25) is 0 Å². The average Bonchev–Trinajstić information content (AvgIpc) is 2.27. The van der Waals surface area contributed by atoms with Gasteiger partial charge in [0.1, 0.15) is 0 Å². The van der Waals surface area contributed by atoms with Crippen LogP contribution >= 0.6 is 22.6 Å². The summed E-state index contributed by atoms with van der Waals surface area (Å²) in [5, 5.41) is 0. The second kappa shape index (κ2) is 6.60. The summed E-state index contributed by atoms with van der Waals surface area (Å²) in [4.78, 5) is 0.382. The van der Waals surface area contributed by atoms with Crippen LogP contribution in [0.4, 0.5) is 0 Å². The van der Waals surface area contributed by atoms with Crippen molar-refractivity contribution in [1.82, 2.24) is 0 Å². The van der Waals surface area contributed by atoms with E-state index in [2.05, 4.69) is 48.0 Å². The van der Waals surface area contributed by atoms with Crippen LogP contribution in [0.2, 0.25) is 19.6 Å². The minimum Gasteiger partial charge on any atom is -0.223 e. The molecule has 110 valence electrons. The smallest absolute Gasteiger partial charge is 0.182 e. The highest BCUT2D eigenvalue weighted by molar-refractivity contribution is 14.1. The Labute approximate surface area is 137 Å². The van der Waals surface area contributed by atoms with Gasteiger partial charge in [0.2, 0.25) is 0 Å². The number of sulfone groups is 1. The Balaban J connectivity index is 3.09. The van der Waals surface area contributed by atoms with Crippen molar-refractivity contribution < 1.29 is 8.42 Å². The van der Waals surface area contributed by atoms with Gasteiger partial charge in [0, 0.05) is 3.20 Å². The van der Waals surface area contributed by atoms with Crippen molar-refractivity contribution in [3.05, 3.63) is 44.3 Å². The van der Waals surface area contributed by atoms with Crippen LogP contribution in [-0.4, -0.2) is 22.2 Å². The zero-order valence-corrected chi connectivity index (χ0v) is 16.6. The lowest BCUT2D eigenvalue weighted by Gasteiger charge is -2.12. The molecule has 1 rings (SSSR count). The standard InChI is InChI=1S/C15H21IO2SSi/c1-12-6-8-14(9-7-12)19(17,18)11-13(2)10-15(16)20(3,4)5/h6-9H,11H2,1-5H3. The van der Waals surface area contributed by atoms with Gasteiger partial charge in [-0.15, -0.1) is 5.73 Å². The van der Waals surface area contributed by atoms with Crippen LogP contribution in [0.25, 0.3) is 0 Å². The SMILES string of the molecule is CC(=C=C(I)[Si](C)(C)C)CS(=O)(=O)c1ccc(C)cc1. The zero-order valence-electron chi connectivity index (χ0n) is 12.6. The van der Waals surface area contributed by atoms with Gasteiger partial charge in [0.25, 0.3) is 0 Å². The number of benzene rings is 1. The van der Waals surface area contributed by atoms with E-state index in [1.165, 1.54) is 3.20 Å². The number of aryl methyl sites for hydroxylation is 1. The summed E-state index contributed by atoms with van der Waals surface area (Å²) in [7, 11) is -4.68. The summed E-state index contributed by atoms with van der Waals surface area (Å²) in [5.74, 6) is 0.0348. The van der Waals surface area contributed by atoms with Crippen LogP contribution < -0.4 is 0 Å². The third-order valence-electron chi connectivity index (χ3n) is 2.77. The van der Waals surface area contributed by atoms with Gasteiger partial charge in [0.05, 0.1) is 18.7 Å². The van der Waals surface area contributed by atoms with Crippen molar-refractivity contribution in [2.75, 3.05) is 5.75 Å². The molecule has 0 atom stereocenters. The quantitative estimate of drug-likeness (QED) is 0.408. The van der Waals surface area contributed by atoms with Crippen molar-refractivity contribution in [3.63, 3.8) is 0 Å².